The Labute approximate surface area is 255 Å². The SMILES string of the molecule is CC(C)(C)OC(=O)N1CCC[C@H]1CN1CCC23c4cc(O)ccc4CC1C21CCC2C3[C@@H](CN2C(=O)c2ccccc2)C1. The summed E-state index contributed by atoms with van der Waals surface area (Å²) in [6.07, 6.45) is 7.21. The van der Waals surface area contributed by atoms with Crippen molar-refractivity contribution in [3.05, 3.63) is 65.2 Å². The first-order valence-electron chi connectivity index (χ1n) is 16.5. The molecule has 2 aromatic carbocycles. The standard InChI is InChI=1S/C36H45N3O4/c1-34(2,3)43-33(42)38-16-7-10-26(38)22-37-17-15-36-28-19-27(40)12-11-24(28)18-30(37)35(36)14-13-29-31(36)25(20-35)21-39(29)32(41)23-8-5-4-6-9-23/h4-6,8-9,11-12,19,25-26,29-31,40H,7,10,13-18,20-22H2,1-3H3/t25-,26+,29?,30?,31?,35?,36?/m1/s1. The highest BCUT2D eigenvalue weighted by Gasteiger charge is 2.76. The van der Waals surface area contributed by atoms with Gasteiger partial charge < -0.3 is 19.6 Å². The van der Waals surface area contributed by atoms with Gasteiger partial charge in [-0.15, -0.1) is 0 Å². The van der Waals surface area contributed by atoms with Crippen molar-refractivity contribution >= 4 is 12.0 Å². The van der Waals surface area contributed by atoms with Crippen LogP contribution >= 0.6 is 0 Å². The molecule has 228 valence electrons. The van der Waals surface area contributed by atoms with Gasteiger partial charge in [0.25, 0.3) is 5.91 Å². The summed E-state index contributed by atoms with van der Waals surface area (Å²) < 4.78 is 5.82. The molecule has 3 heterocycles. The maximum Gasteiger partial charge on any atom is 0.410 e. The second-order valence-corrected chi connectivity index (χ2v) is 15.3. The number of piperidine rings is 1. The average Bonchev–Trinajstić information content (AvgIpc) is 3.62. The number of nitrogens with zero attached hydrogens (tertiary/aromatic N) is 3. The molecule has 3 saturated heterocycles. The summed E-state index contributed by atoms with van der Waals surface area (Å²) in [5.41, 5.74) is 3.13. The highest BCUT2D eigenvalue weighted by molar-refractivity contribution is 5.94. The van der Waals surface area contributed by atoms with E-state index < -0.39 is 5.60 Å². The van der Waals surface area contributed by atoms with Crippen LogP contribution in [-0.2, 0) is 16.6 Å². The Morgan fingerprint density at radius 3 is 2.63 bits per heavy atom. The van der Waals surface area contributed by atoms with Crippen molar-refractivity contribution in [3.63, 3.8) is 0 Å². The summed E-state index contributed by atoms with van der Waals surface area (Å²) >= 11 is 0. The number of rotatable bonds is 3. The third-order valence-corrected chi connectivity index (χ3v) is 12.3. The summed E-state index contributed by atoms with van der Waals surface area (Å²) in [6, 6.07) is 16.7. The Morgan fingerprint density at radius 2 is 1.84 bits per heavy atom. The molecule has 3 aliphatic carbocycles. The van der Waals surface area contributed by atoms with Gasteiger partial charge in [-0.3, -0.25) is 9.69 Å². The van der Waals surface area contributed by atoms with E-state index in [1.54, 1.807) is 0 Å². The van der Waals surface area contributed by atoms with E-state index in [-0.39, 0.29) is 34.9 Å². The van der Waals surface area contributed by atoms with Crippen LogP contribution in [-0.4, -0.2) is 81.7 Å². The molecule has 1 N–H and O–H groups in total. The predicted octanol–water partition coefficient (Wildman–Crippen LogP) is 5.60. The van der Waals surface area contributed by atoms with Gasteiger partial charge >= 0.3 is 6.09 Å². The van der Waals surface area contributed by atoms with Crippen LogP contribution in [0.4, 0.5) is 4.79 Å². The molecular weight excluding hydrogens is 538 g/mol. The number of hydrogen-bond acceptors (Lipinski definition) is 5. The van der Waals surface area contributed by atoms with E-state index in [1.165, 1.54) is 11.1 Å². The number of likely N-dealkylation sites (tertiary alicyclic amines) is 3. The fraction of sp³-hybridized carbons (Fsp3) is 0.611. The predicted molar refractivity (Wildman–Crippen MR) is 164 cm³/mol. The molecule has 8 rings (SSSR count). The lowest BCUT2D eigenvalue weighted by molar-refractivity contribution is -0.105. The van der Waals surface area contributed by atoms with Crippen molar-refractivity contribution in [1.29, 1.82) is 0 Å². The summed E-state index contributed by atoms with van der Waals surface area (Å²) in [7, 11) is 0. The second-order valence-electron chi connectivity index (χ2n) is 15.3. The summed E-state index contributed by atoms with van der Waals surface area (Å²) in [5.74, 6) is 1.43. The van der Waals surface area contributed by atoms with Crippen LogP contribution in [0.1, 0.15) is 80.8 Å². The maximum absolute atomic E-state index is 13.8. The molecule has 6 aliphatic rings. The Morgan fingerprint density at radius 1 is 1.02 bits per heavy atom. The van der Waals surface area contributed by atoms with Gasteiger partial charge in [0.2, 0.25) is 0 Å². The van der Waals surface area contributed by atoms with Gasteiger partial charge in [-0.25, -0.2) is 4.79 Å². The Hall–Kier alpha value is -3.06. The second kappa shape index (κ2) is 9.47. The van der Waals surface area contributed by atoms with Gasteiger partial charge in [0, 0.05) is 48.7 Å². The number of phenolic OH excluding ortho intramolecular Hbond substituents is 1. The monoisotopic (exact) mass is 583 g/mol. The molecule has 2 amide bonds. The molecule has 0 aromatic heterocycles. The van der Waals surface area contributed by atoms with E-state index in [1.807, 2.05) is 62.1 Å². The minimum Gasteiger partial charge on any atom is -0.508 e. The van der Waals surface area contributed by atoms with E-state index >= 15 is 0 Å². The minimum atomic E-state index is -0.497. The number of carbonyl (C=O) groups is 2. The zero-order valence-electron chi connectivity index (χ0n) is 25.8. The zero-order valence-corrected chi connectivity index (χ0v) is 25.8. The number of amides is 2. The first-order chi connectivity index (χ1) is 20.6. The van der Waals surface area contributed by atoms with E-state index in [9.17, 15) is 14.7 Å². The van der Waals surface area contributed by atoms with Crippen molar-refractivity contribution in [3.8, 4) is 5.75 Å². The van der Waals surface area contributed by atoms with Gasteiger partial charge in [0.1, 0.15) is 11.4 Å². The molecule has 7 nitrogen and oxygen atoms in total. The number of hydrogen-bond donors (Lipinski definition) is 1. The first-order valence-corrected chi connectivity index (χ1v) is 16.5. The average molecular weight is 584 g/mol. The van der Waals surface area contributed by atoms with Crippen molar-refractivity contribution in [2.24, 2.45) is 17.3 Å². The molecule has 2 saturated carbocycles. The van der Waals surface area contributed by atoms with Crippen LogP contribution in [0.2, 0.25) is 0 Å². The van der Waals surface area contributed by atoms with Crippen LogP contribution in [0.3, 0.4) is 0 Å². The first kappa shape index (κ1) is 27.5. The Balaban J connectivity index is 1.14. The summed E-state index contributed by atoms with van der Waals surface area (Å²) in [5, 5.41) is 10.8. The van der Waals surface area contributed by atoms with E-state index in [2.05, 4.69) is 21.9 Å². The molecule has 7 atom stereocenters. The summed E-state index contributed by atoms with van der Waals surface area (Å²) in [6.45, 7) is 9.32. The van der Waals surface area contributed by atoms with E-state index in [0.717, 1.165) is 76.7 Å². The molecule has 0 radical (unpaired) electrons. The van der Waals surface area contributed by atoms with Crippen molar-refractivity contribution < 1.29 is 19.4 Å². The smallest absolute Gasteiger partial charge is 0.410 e. The molecule has 7 heteroatoms. The van der Waals surface area contributed by atoms with Crippen molar-refractivity contribution in [1.82, 2.24) is 14.7 Å². The van der Waals surface area contributed by atoms with Crippen LogP contribution in [0, 0.1) is 17.3 Å². The normalized spacial score (nSPS) is 35.9. The lowest BCUT2D eigenvalue weighted by atomic mass is 9.43. The van der Waals surface area contributed by atoms with Gasteiger partial charge in [0.15, 0.2) is 0 Å². The Bertz CT molecular complexity index is 1450. The molecular formula is C36H45N3O4. The van der Waals surface area contributed by atoms with Gasteiger partial charge in [0.05, 0.1) is 0 Å². The molecule has 5 fully saturated rings. The largest absolute Gasteiger partial charge is 0.508 e. The highest BCUT2D eigenvalue weighted by Crippen LogP contribution is 2.75. The quantitative estimate of drug-likeness (QED) is 0.509. The summed E-state index contributed by atoms with van der Waals surface area (Å²) in [4.78, 5) is 34.0. The number of benzene rings is 2. The van der Waals surface area contributed by atoms with Crippen molar-refractivity contribution in [2.75, 3.05) is 26.2 Å². The van der Waals surface area contributed by atoms with Crippen molar-refractivity contribution in [2.45, 2.75) is 94.9 Å². The number of fused-ring (bicyclic) bond motifs is 1. The third kappa shape index (κ3) is 3.89. The number of phenols is 1. The van der Waals surface area contributed by atoms with Crippen LogP contribution in [0.15, 0.2) is 48.5 Å². The Kier molecular flexibility index (Phi) is 6.05. The lowest BCUT2D eigenvalue weighted by Gasteiger charge is -2.66. The minimum absolute atomic E-state index is 0.0275. The van der Waals surface area contributed by atoms with Crippen LogP contribution in [0.5, 0.6) is 5.75 Å². The number of carbonyl (C=O) groups excluding carboxylic acids is 2. The van der Waals surface area contributed by atoms with E-state index in [4.69, 9.17) is 4.74 Å². The van der Waals surface area contributed by atoms with Crippen LogP contribution in [0.25, 0.3) is 0 Å². The fourth-order valence-electron chi connectivity index (χ4n) is 11.1. The van der Waals surface area contributed by atoms with Crippen LogP contribution < -0.4 is 0 Å². The number of aromatic hydroxyl groups is 1. The molecule has 0 spiro atoms. The third-order valence-electron chi connectivity index (χ3n) is 12.3. The molecule has 4 bridgehead atoms. The van der Waals surface area contributed by atoms with Gasteiger partial charge in [-0.2, -0.15) is 0 Å². The molecule has 5 unspecified atom stereocenters. The number of ether oxygens (including phenoxy) is 1. The molecule has 2 aromatic rings. The molecule has 3 aliphatic heterocycles. The molecule has 43 heavy (non-hydrogen) atoms. The fourth-order valence-corrected chi connectivity index (χ4v) is 11.1. The van der Waals surface area contributed by atoms with E-state index in [0.29, 0.717) is 23.6 Å². The maximum atomic E-state index is 13.8. The van der Waals surface area contributed by atoms with Gasteiger partial charge in [-0.05, 0) is 125 Å². The lowest BCUT2D eigenvalue weighted by Crippen LogP contribution is -2.70. The topological polar surface area (TPSA) is 73.3 Å². The highest BCUT2D eigenvalue weighted by atomic mass is 16.6. The zero-order chi connectivity index (χ0) is 29.7. The van der Waals surface area contributed by atoms with Gasteiger partial charge in [-0.1, -0.05) is 24.3 Å².